The molecule has 29 heavy (non-hydrogen) atoms. The highest BCUT2D eigenvalue weighted by molar-refractivity contribution is 6.01. The minimum absolute atomic E-state index is 0.0230. The summed E-state index contributed by atoms with van der Waals surface area (Å²) in [6, 6.07) is 8.03. The lowest BCUT2D eigenvalue weighted by Gasteiger charge is -2.18. The fourth-order valence-electron chi connectivity index (χ4n) is 2.89. The predicted octanol–water partition coefficient (Wildman–Crippen LogP) is 3.71. The first-order valence-electron chi connectivity index (χ1n) is 9.43. The number of nitrogens with zero attached hydrogens (tertiary/aromatic N) is 2. The second kappa shape index (κ2) is 8.06. The van der Waals surface area contributed by atoms with Gasteiger partial charge in [0.05, 0.1) is 5.69 Å². The summed E-state index contributed by atoms with van der Waals surface area (Å²) in [4.78, 5) is 43.6. The van der Waals surface area contributed by atoms with Gasteiger partial charge in [0.2, 0.25) is 5.89 Å². The van der Waals surface area contributed by atoms with E-state index >= 15 is 0 Å². The molecule has 0 bridgehead atoms. The Morgan fingerprint density at radius 2 is 1.76 bits per heavy atom. The van der Waals surface area contributed by atoms with Gasteiger partial charge in [0, 0.05) is 24.8 Å². The number of benzene rings is 1. The molecule has 154 valence electrons. The van der Waals surface area contributed by atoms with E-state index in [0.717, 1.165) is 5.56 Å². The van der Waals surface area contributed by atoms with E-state index in [1.54, 1.807) is 6.92 Å². The third kappa shape index (κ3) is 4.82. The highest BCUT2D eigenvalue weighted by Gasteiger charge is 2.33. The Bertz CT molecular complexity index is 908. The number of hydroxylamine groups is 2. The van der Waals surface area contributed by atoms with Gasteiger partial charge in [-0.15, -0.1) is 0 Å². The van der Waals surface area contributed by atoms with E-state index in [4.69, 9.17) is 9.15 Å². The van der Waals surface area contributed by atoms with Crippen molar-refractivity contribution in [3.05, 3.63) is 41.3 Å². The molecule has 2 amide bonds. The van der Waals surface area contributed by atoms with Crippen molar-refractivity contribution in [3.63, 3.8) is 0 Å². The number of hydrogen-bond donors (Lipinski definition) is 0. The average molecular weight is 400 g/mol. The molecule has 8 heteroatoms. The van der Waals surface area contributed by atoms with Crippen molar-refractivity contribution in [1.82, 2.24) is 10.0 Å². The Morgan fingerprint density at radius 1 is 1.14 bits per heavy atom. The normalized spacial score (nSPS) is 14.4. The van der Waals surface area contributed by atoms with Gasteiger partial charge in [0.15, 0.2) is 0 Å². The van der Waals surface area contributed by atoms with Crippen LogP contribution in [-0.2, 0) is 31.0 Å². The molecule has 3 rings (SSSR count). The van der Waals surface area contributed by atoms with Crippen molar-refractivity contribution in [1.29, 1.82) is 0 Å². The first kappa shape index (κ1) is 20.6. The molecule has 0 saturated carbocycles. The molecule has 0 spiro atoms. The van der Waals surface area contributed by atoms with Crippen molar-refractivity contribution in [3.8, 4) is 11.5 Å². The summed E-state index contributed by atoms with van der Waals surface area (Å²) in [5.74, 6) is 0.0124. The van der Waals surface area contributed by atoms with Crippen LogP contribution < -0.4 is 0 Å². The van der Waals surface area contributed by atoms with E-state index in [9.17, 15) is 14.4 Å². The van der Waals surface area contributed by atoms with Crippen LogP contribution in [0.5, 0.6) is 0 Å². The van der Waals surface area contributed by atoms with Gasteiger partial charge in [-0.3, -0.25) is 14.4 Å². The smallest absolute Gasteiger partial charge is 0.441 e. The number of aromatic nitrogens is 1. The number of carbonyl (C=O) groups excluding carboxylic acids is 3. The number of hydrogen-bond acceptors (Lipinski definition) is 7. The minimum atomic E-state index is -1.10. The summed E-state index contributed by atoms with van der Waals surface area (Å²) in [6.45, 7) is 8.21. The van der Waals surface area contributed by atoms with Gasteiger partial charge >= 0.3 is 6.16 Å². The standard InChI is InChI=1S/C21H24N2O6/c1-13-16(11-12-27-20(26)29-23-17(24)9-10-18(23)25)22-19(28-13)14-5-7-15(8-6-14)21(2,3)4/h5-8H,9-12H2,1-4H3. The van der Waals surface area contributed by atoms with Gasteiger partial charge in [0.1, 0.15) is 12.4 Å². The van der Waals surface area contributed by atoms with Crippen LogP contribution in [0.25, 0.3) is 11.5 Å². The molecule has 1 aromatic carbocycles. The quantitative estimate of drug-likeness (QED) is 0.557. The maximum Gasteiger partial charge on any atom is 0.533 e. The zero-order chi connectivity index (χ0) is 21.2. The van der Waals surface area contributed by atoms with Crippen LogP contribution in [0.15, 0.2) is 28.7 Å². The lowest BCUT2D eigenvalue weighted by atomic mass is 9.87. The van der Waals surface area contributed by atoms with E-state index in [1.807, 2.05) is 12.1 Å². The first-order valence-corrected chi connectivity index (χ1v) is 9.43. The second-order valence-corrected chi connectivity index (χ2v) is 7.87. The van der Waals surface area contributed by atoms with Crippen molar-refractivity contribution >= 4 is 18.0 Å². The van der Waals surface area contributed by atoms with E-state index in [-0.39, 0.29) is 24.9 Å². The molecule has 2 heterocycles. The third-order valence-electron chi connectivity index (χ3n) is 4.62. The number of carbonyl (C=O) groups is 3. The van der Waals surface area contributed by atoms with Crippen LogP contribution in [0, 0.1) is 6.92 Å². The molecular formula is C21H24N2O6. The molecule has 0 unspecified atom stereocenters. The Morgan fingerprint density at radius 3 is 2.34 bits per heavy atom. The number of amides is 2. The van der Waals surface area contributed by atoms with Crippen molar-refractivity contribution < 1.29 is 28.4 Å². The average Bonchev–Trinajstić information content (AvgIpc) is 3.18. The van der Waals surface area contributed by atoms with Gasteiger partial charge in [-0.2, -0.15) is 0 Å². The number of rotatable bonds is 5. The summed E-state index contributed by atoms with van der Waals surface area (Å²) in [5.41, 5.74) is 2.79. The van der Waals surface area contributed by atoms with Crippen molar-refractivity contribution in [2.45, 2.75) is 52.4 Å². The van der Waals surface area contributed by atoms with Crippen LogP contribution in [-0.4, -0.2) is 34.6 Å². The van der Waals surface area contributed by atoms with E-state index in [0.29, 0.717) is 28.8 Å². The van der Waals surface area contributed by atoms with Gasteiger partial charge in [-0.25, -0.2) is 9.78 Å². The molecule has 0 N–H and O–H groups in total. The predicted molar refractivity (Wildman–Crippen MR) is 103 cm³/mol. The van der Waals surface area contributed by atoms with Crippen molar-refractivity contribution in [2.75, 3.05) is 6.61 Å². The summed E-state index contributed by atoms with van der Waals surface area (Å²) in [7, 11) is 0. The SMILES string of the molecule is Cc1oc(-c2ccc(C(C)(C)C)cc2)nc1CCOC(=O)ON1C(=O)CCC1=O. The molecule has 8 nitrogen and oxygen atoms in total. The van der Waals surface area contributed by atoms with Crippen LogP contribution in [0.4, 0.5) is 4.79 Å². The number of imide groups is 1. The second-order valence-electron chi connectivity index (χ2n) is 7.87. The Kier molecular flexibility index (Phi) is 5.72. The molecule has 1 saturated heterocycles. The summed E-state index contributed by atoms with van der Waals surface area (Å²) in [5, 5.41) is 0.447. The highest BCUT2D eigenvalue weighted by Crippen LogP contribution is 2.27. The summed E-state index contributed by atoms with van der Waals surface area (Å²) < 4.78 is 10.7. The van der Waals surface area contributed by atoms with Gasteiger partial charge < -0.3 is 9.15 Å². The van der Waals surface area contributed by atoms with Gasteiger partial charge in [-0.05, 0) is 30.0 Å². The monoisotopic (exact) mass is 400 g/mol. The fraction of sp³-hybridized carbons (Fsp3) is 0.429. The molecule has 1 aromatic heterocycles. The molecule has 1 aliphatic heterocycles. The Labute approximate surface area is 168 Å². The Balaban J connectivity index is 1.56. The largest absolute Gasteiger partial charge is 0.533 e. The van der Waals surface area contributed by atoms with Crippen molar-refractivity contribution in [2.24, 2.45) is 0 Å². The maximum absolute atomic E-state index is 11.7. The fourth-order valence-corrected chi connectivity index (χ4v) is 2.89. The van der Waals surface area contributed by atoms with Crippen LogP contribution >= 0.6 is 0 Å². The highest BCUT2D eigenvalue weighted by atomic mass is 16.8. The number of ether oxygens (including phenoxy) is 1. The number of oxazole rings is 1. The maximum atomic E-state index is 11.7. The van der Waals surface area contributed by atoms with E-state index < -0.39 is 18.0 Å². The molecular weight excluding hydrogens is 376 g/mol. The minimum Gasteiger partial charge on any atom is -0.441 e. The molecule has 2 aromatic rings. The molecule has 1 aliphatic rings. The van der Waals surface area contributed by atoms with E-state index in [2.05, 4.69) is 42.7 Å². The zero-order valence-electron chi connectivity index (χ0n) is 17.0. The zero-order valence-corrected chi connectivity index (χ0v) is 17.0. The molecule has 0 aliphatic carbocycles. The first-order chi connectivity index (χ1) is 13.6. The molecule has 0 atom stereocenters. The lowest BCUT2D eigenvalue weighted by molar-refractivity contribution is -0.177. The summed E-state index contributed by atoms with van der Waals surface area (Å²) >= 11 is 0. The van der Waals surface area contributed by atoms with Crippen LogP contribution in [0.2, 0.25) is 0 Å². The van der Waals surface area contributed by atoms with Crippen LogP contribution in [0.3, 0.4) is 0 Å². The molecule has 0 radical (unpaired) electrons. The molecule has 1 fully saturated rings. The van der Waals surface area contributed by atoms with Crippen LogP contribution in [0.1, 0.15) is 50.6 Å². The van der Waals surface area contributed by atoms with Gasteiger partial charge in [0.25, 0.3) is 11.8 Å². The lowest BCUT2D eigenvalue weighted by Crippen LogP contribution is -2.32. The van der Waals surface area contributed by atoms with E-state index in [1.165, 1.54) is 5.56 Å². The Hall–Kier alpha value is -3.16. The topological polar surface area (TPSA) is 98.9 Å². The van der Waals surface area contributed by atoms with Gasteiger partial charge in [-0.1, -0.05) is 38.0 Å². The number of aryl methyl sites for hydroxylation is 1. The summed E-state index contributed by atoms with van der Waals surface area (Å²) in [6.07, 6.45) is -0.729. The third-order valence-corrected chi connectivity index (χ3v) is 4.62.